The Morgan fingerprint density at radius 2 is 1.44 bits per heavy atom. The monoisotopic (exact) mass is 222 g/mol. The number of hydrogen-bond acceptors (Lipinski definition) is 1. The van der Waals surface area contributed by atoms with Crippen molar-refractivity contribution in [3.8, 4) is 0 Å². The van der Waals surface area contributed by atoms with Crippen LogP contribution in [-0.2, 0) is 6.42 Å². The van der Waals surface area contributed by atoms with E-state index in [0.29, 0.717) is 0 Å². The minimum atomic E-state index is -0.167. The van der Waals surface area contributed by atoms with Gasteiger partial charge >= 0.3 is 0 Å². The highest BCUT2D eigenvalue weighted by Crippen LogP contribution is 2.05. The first-order valence-corrected chi connectivity index (χ1v) is 6.24. The molecule has 0 radical (unpaired) electrons. The van der Waals surface area contributed by atoms with Crippen LogP contribution in [0.2, 0.25) is 13.6 Å². The molecular formula is C14H27BO. The highest BCUT2D eigenvalue weighted by atomic mass is 16.2. The summed E-state index contributed by atoms with van der Waals surface area (Å²) in [6.45, 7) is 11.8. The van der Waals surface area contributed by atoms with Crippen LogP contribution in [0.15, 0.2) is 30.3 Å². The molecule has 16 heavy (non-hydrogen) atoms. The van der Waals surface area contributed by atoms with Crippen LogP contribution in [0.3, 0.4) is 0 Å². The lowest BCUT2D eigenvalue weighted by Gasteiger charge is -2.02. The summed E-state index contributed by atoms with van der Waals surface area (Å²) in [7, 11) is 0. The number of hydrogen-bond donors (Lipinski definition) is 1. The molecule has 1 rings (SSSR count). The predicted molar refractivity (Wildman–Crippen MR) is 76.0 cm³/mol. The van der Waals surface area contributed by atoms with Crippen LogP contribution in [0, 0.1) is 5.92 Å². The van der Waals surface area contributed by atoms with Crippen molar-refractivity contribution in [2.24, 2.45) is 5.92 Å². The highest BCUT2D eigenvalue weighted by Gasteiger charge is 1.94. The number of benzene rings is 1. The van der Waals surface area contributed by atoms with Gasteiger partial charge in [-0.05, 0) is 17.9 Å². The van der Waals surface area contributed by atoms with Crippen LogP contribution >= 0.6 is 0 Å². The van der Waals surface area contributed by atoms with Gasteiger partial charge in [0.2, 0.25) is 0 Å². The Labute approximate surface area is 102 Å². The summed E-state index contributed by atoms with van der Waals surface area (Å²) in [5.41, 5.74) is 1.44. The third-order valence-corrected chi connectivity index (χ3v) is 1.49. The van der Waals surface area contributed by atoms with Crippen molar-refractivity contribution >= 4 is 6.92 Å². The van der Waals surface area contributed by atoms with Crippen LogP contribution in [-0.4, -0.2) is 11.9 Å². The Balaban J connectivity index is 0. The molecule has 1 aromatic rings. The largest absolute Gasteiger partial charge is 0.451 e. The molecule has 92 valence electrons. The van der Waals surface area contributed by atoms with Gasteiger partial charge in [-0.15, -0.1) is 0 Å². The van der Waals surface area contributed by atoms with E-state index in [1.165, 1.54) is 12.0 Å². The van der Waals surface area contributed by atoms with Crippen LogP contribution in [0.1, 0.15) is 33.3 Å². The molecule has 0 aliphatic heterocycles. The summed E-state index contributed by atoms with van der Waals surface area (Å²) >= 11 is 0. The molecule has 0 aliphatic rings. The molecule has 0 bridgehead atoms. The molecule has 0 fully saturated rings. The van der Waals surface area contributed by atoms with Gasteiger partial charge in [-0.2, -0.15) is 0 Å². The van der Waals surface area contributed by atoms with Crippen LogP contribution in [0.4, 0.5) is 0 Å². The summed E-state index contributed by atoms with van der Waals surface area (Å²) in [6.07, 6.45) is 1.20. The third kappa shape index (κ3) is 15.7. The zero-order valence-corrected chi connectivity index (χ0v) is 11.7. The highest BCUT2D eigenvalue weighted by molar-refractivity contribution is 6.46. The third-order valence-electron chi connectivity index (χ3n) is 1.49. The first-order chi connectivity index (χ1) is 7.52. The summed E-state index contributed by atoms with van der Waals surface area (Å²) in [4.78, 5) is 0. The van der Waals surface area contributed by atoms with Crippen molar-refractivity contribution in [2.75, 3.05) is 0 Å². The number of rotatable bonds is 2. The van der Waals surface area contributed by atoms with E-state index in [4.69, 9.17) is 5.02 Å². The van der Waals surface area contributed by atoms with Gasteiger partial charge in [-0.3, -0.25) is 0 Å². The van der Waals surface area contributed by atoms with Crippen molar-refractivity contribution in [3.63, 3.8) is 0 Å². The minimum absolute atomic E-state index is 0.167. The van der Waals surface area contributed by atoms with Crippen molar-refractivity contribution < 1.29 is 5.02 Å². The second-order valence-electron chi connectivity index (χ2n) is 4.18. The molecule has 2 heteroatoms. The van der Waals surface area contributed by atoms with Gasteiger partial charge in [-0.1, -0.05) is 71.7 Å². The van der Waals surface area contributed by atoms with E-state index in [9.17, 15) is 0 Å². The Hall–Kier alpha value is -0.755. The van der Waals surface area contributed by atoms with Crippen LogP contribution < -0.4 is 0 Å². The van der Waals surface area contributed by atoms with Gasteiger partial charge < -0.3 is 5.02 Å². The summed E-state index contributed by atoms with van der Waals surface area (Å²) in [5.74, 6) is 0.766. The lowest BCUT2D eigenvalue weighted by atomic mass is 9.76. The van der Waals surface area contributed by atoms with E-state index in [0.717, 1.165) is 5.92 Å². The molecule has 1 N–H and O–H groups in total. The standard InChI is InChI=1S/C10H14.C2H7BO.C2H6/c1-9(2)8-10-6-4-3-5-7-10;1-3(2)4;1-2/h3-7,9H,8H2,1-2H3;4H,1-2H3;1-2H3. The smallest absolute Gasteiger partial charge is 0.282 e. The normalized spacial score (nSPS) is 8.50. The van der Waals surface area contributed by atoms with Crippen LogP contribution in [0.5, 0.6) is 0 Å². The minimum Gasteiger partial charge on any atom is -0.451 e. The fraction of sp³-hybridized carbons (Fsp3) is 0.571. The van der Waals surface area contributed by atoms with Gasteiger partial charge in [0.15, 0.2) is 0 Å². The predicted octanol–water partition coefficient (Wildman–Crippen LogP) is 4.14. The van der Waals surface area contributed by atoms with E-state index < -0.39 is 0 Å². The first kappa shape index (κ1) is 17.6. The molecule has 0 spiro atoms. The zero-order chi connectivity index (χ0) is 13.0. The zero-order valence-electron chi connectivity index (χ0n) is 11.7. The average molecular weight is 222 g/mol. The molecule has 0 saturated heterocycles. The maximum Gasteiger partial charge on any atom is 0.282 e. The Kier molecular flexibility index (Phi) is 13.6. The lowest BCUT2D eigenvalue weighted by Crippen LogP contribution is -1.93. The fourth-order valence-corrected chi connectivity index (χ4v) is 1.09. The first-order valence-electron chi connectivity index (χ1n) is 6.24. The van der Waals surface area contributed by atoms with Crippen molar-refractivity contribution in [1.82, 2.24) is 0 Å². The molecule has 0 amide bonds. The van der Waals surface area contributed by atoms with E-state index in [1.807, 2.05) is 13.8 Å². The molecule has 1 aromatic carbocycles. The molecular weight excluding hydrogens is 195 g/mol. The Morgan fingerprint density at radius 1 is 1.06 bits per heavy atom. The van der Waals surface area contributed by atoms with Crippen molar-refractivity contribution in [2.45, 2.75) is 47.8 Å². The second kappa shape index (κ2) is 12.3. The van der Waals surface area contributed by atoms with Gasteiger partial charge in [0.05, 0.1) is 0 Å². The summed E-state index contributed by atoms with van der Waals surface area (Å²) < 4.78 is 0. The quantitative estimate of drug-likeness (QED) is 0.745. The Morgan fingerprint density at radius 3 is 1.75 bits per heavy atom. The van der Waals surface area contributed by atoms with E-state index >= 15 is 0 Å². The second-order valence-corrected chi connectivity index (χ2v) is 4.18. The molecule has 1 nitrogen and oxygen atoms in total. The molecule has 0 aromatic heterocycles. The lowest BCUT2D eigenvalue weighted by molar-refractivity contribution is 0.587. The van der Waals surface area contributed by atoms with E-state index in [2.05, 4.69) is 44.2 Å². The van der Waals surface area contributed by atoms with Crippen molar-refractivity contribution in [1.29, 1.82) is 0 Å². The molecule has 0 heterocycles. The molecule has 0 saturated carbocycles. The maximum atomic E-state index is 8.06. The SMILES string of the molecule is CB(C)O.CC.CC(C)Cc1ccccc1. The topological polar surface area (TPSA) is 20.2 Å². The summed E-state index contributed by atoms with van der Waals surface area (Å²) in [5, 5.41) is 8.06. The molecule has 0 unspecified atom stereocenters. The average Bonchev–Trinajstić information content (AvgIpc) is 2.20. The van der Waals surface area contributed by atoms with Gasteiger partial charge in [-0.25, -0.2) is 0 Å². The van der Waals surface area contributed by atoms with Crippen molar-refractivity contribution in [3.05, 3.63) is 35.9 Å². The Bertz CT molecular complexity index is 217. The van der Waals surface area contributed by atoms with Gasteiger partial charge in [0, 0.05) is 0 Å². The van der Waals surface area contributed by atoms with Gasteiger partial charge in [0.25, 0.3) is 6.92 Å². The van der Waals surface area contributed by atoms with E-state index in [1.54, 1.807) is 13.6 Å². The van der Waals surface area contributed by atoms with Crippen LogP contribution in [0.25, 0.3) is 0 Å². The summed E-state index contributed by atoms with van der Waals surface area (Å²) in [6, 6.07) is 10.6. The maximum absolute atomic E-state index is 8.06. The van der Waals surface area contributed by atoms with Gasteiger partial charge in [0.1, 0.15) is 0 Å². The molecule has 0 atom stereocenters. The van der Waals surface area contributed by atoms with E-state index in [-0.39, 0.29) is 6.92 Å². The molecule has 0 aliphatic carbocycles. The fourth-order valence-electron chi connectivity index (χ4n) is 1.09.